The Balaban J connectivity index is 1.49. The van der Waals surface area contributed by atoms with Crippen LogP contribution in [-0.4, -0.2) is 64.2 Å². The average molecular weight is 395 g/mol. The Kier molecular flexibility index (Phi) is 5.58. The van der Waals surface area contributed by atoms with Crippen LogP contribution in [0.4, 0.5) is 4.39 Å². The summed E-state index contributed by atoms with van der Waals surface area (Å²) in [7, 11) is 4.09. The summed E-state index contributed by atoms with van der Waals surface area (Å²) >= 11 is 0. The third-order valence-corrected chi connectivity index (χ3v) is 5.49. The molecule has 4 rings (SSSR count). The van der Waals surface area contributed by atoms with Gasteiger partial charge in [-0.1, -0.05) is 12.1 Å². The van der Waals surface area contributed by atoms with E-state index in [0.29, 0.717) is 13.0 Å². The lowest BCUT2D eigenvalue weighted by Crippen LogP contribution is -2.30. The highest BCUT2D eigenvalue weighted by atomic mass is 19.1. The molecule has 2 aromatic heterocycles. The fourth-order valence-electron chi connectivity index (χ4n) is 3.88. The van der Waals surface area contributed by atoms with Crippen LogP contribution in [0.25, 0.3) is 11.0 Å². The summed E-state index contributed by atoms with van der Waals surface area (Å²) in [5, 5.41) is 5.95. The van der Waals surface area contributed by atoms with E-state index in [1.807, 2.05) is 29.7 Å². The van der Waals surface area contributed by atoms with Crippen molar-refractivity contribution >= 4 is 16.9 Å². The van der Waals surface area contributed by atoms with Gasteiger partial charge in [-0.2, -0.15) is 5.10 Å². The zero-order valence-corrected chi connectivity index (χ0v) is 16.9. The number of pyridine rings is 1. The molecule has 6 nitrogen and oxygen atoms in total. The molecular weight excluding hydrogens is 369 g/mol. The average Bonchev–Trinajstić information content (AvgIpc) is 3.33. The summed E-state index contributed by atoms with van der Waals surface area (Å²) in [6.45, 7) is 3.05. The second-order valence-electron chi connectivity index (χ2n) is 7.91. The van der Waals surface area contributed by atoms with Gasteiger partial charge in [0.25, 0.3) is 0 Å². The lowest BCUT2D eigenvalue weighted by molar-refractivity contribution is -0.129. The Bertz CT molecular complexity index is 998. The van der Waals surface area contributed by atoms with Crippen LogP contribution in [0.2, 0.25) is 0 Å². The van der Waals surface area contributed by atoms with Crippen LogP contribution in [0.15, 0.2) is 42.6 Å². The molecule has 1 atom stereocenters. The van der Waals surface area contributed by atoms with Crippen molar-refractivity contribution in [2.24, 2.45) is 0 Å². The first-order chi connectivity index (χ1) is 14.0. The van der Waals surface area contributed by atoms with Crippen LogP contribution in [0, 0.1) is 5.82 Å². The van der Waals surface area contributed by atoms with E-state index in [1.54, 1.807) is 18.3 Å². The van der Waals surface area contributed by atoms with Crippen LogP contribution in [0.5, 0.6) is 0 Å². The Morgan fingerprint density at radius 3 is 2.79 bits per heavy atom. The Hall–Kier alpha value is -2.80. The molecular formula is C22H26FN5O. The van der Waals surface area contributed by atoms with Crippen LogP contribution in [-0.2, 0) is 17.8 Å². The van der Waals surface area contributed by atoms with E-state index >= 15 is 0 Å². The highest BCUT2D eigenvalue weighted by molar-refractivity contribution is 5.81. The number of aromatic nitrogens is 3. The number of likely N-dealkylation sites (tertiary alicyclic amines) is 1. The predicted molar refractivity (Wildman–Crippen MR) is 110 cm³/mol. The van der Waals surface area contributed by atoms with Crippen LogP contribution in [0.1, 0.15) is 23.6 Å². The minimum atomic E-state index is -0.284. The normalized spacial score (nSPS) is 16.8. The van der Waals surface area contributed by atoms with Gasteiger partial charge >= 0.3 is 0 Å². The van der Waals surface area contributed by atoms with Gasteiger partial charge in [-0.3, -0.25) is 4.79 Å². The number of benzene rings is 1. The smallest absolute Gasteiger partial charge is 0.227 e. The monoisotopic (exact) mass is 395 g/mol. The summed E-state index contributed by atoms with van der Waals surface area (Å²) in [5.41, 5.74) is 2.77. The molecule has 0 unspecified atom stereocenters. The van der Waals surface area contributed by atoms with Gasteiger partial charge in [-0.15, -0.1) is 0 Å². The van der Waals surface area contributed by atoms with Crippen molar-refractivity contribution in [2.75, 3.05) is 33.7 Å². The van der Waals surface area contributed by atoms with Gasteiger partial charge in [0, 0.05) is 37.1 Å². The number of carbonyl (C=O) groups is 1. The van der Waals surface area contributed by atoms with Crippen LogP contribution >= 0.6 is 0 Å². The second-order valence-corrected chi connectivity index (χ2v) is 7.91. The fraction of sp³-hybridized carbons (Fsp3) is 0.409. The van der Waals surface area contributed by atoms with Gasteiger partial charge in [0.2, 0.25) is 5.91 Å². The van der Waals surface area contributed by atoms with E-state index in [9.17, 15) is 9.18 Å². The van der Waals surface area contributed by atoms with Crippen molar-refractivity contribution < 1.29 is 9.18 Å². The van der Waals surface area contributed by atoms with E-state index in [1.165, 1.54) is 12.1 Å². The highest BCUT2D eigenvalue weighted by Crippen LogP contribution is 2.31. The van der Waals surface area contributed by atoms with Crippen molar-refractivity contribution in [1.29, 1.82) is 0 Å². The maximum atomic E-state index is 13.1. The van der Waals surface area contributed by atoms with Crippen molar-refractivity contribution in [1.82, 2.24) is 24.6 Å². The van der Waals surface area contributed by atoms with Gasteiger partial charge in [-0.25, -0.2) is 14.1 Å². The van der Waals surface area contributed by atoms with E-state index in [-0.39, 0.29) is 17.6 Å². The molecule has 7 heteroatoms. The minimum absolute atomic E-state index is 0.0774. The summed E-state index contributed by atoms with van der Waals surface area (Å²) in [6.07, 6.45) is 2.99. The molecule has 1 aliphatic heterocycles. The van der Waals surface area contributed by atoms with Crippen LogP contribution in [0.3, 0.4) is 0 Å². The first kappa shape index (κ1) is 19.5. The standard InChI is InChI=1S/C22H26FN5O/c1-26(2)12-13-28-22-19(4-3-10-24-22)21(25-28)17-9-11-27(15-17)20(29)14-16-5-7-18(23)8-6-16/h3-8,10,17H,9,11-15H2,1-2H3/t17-/m1/s1. The zero-order valence-electron chi connectivity index (χ0n) is 16.9. The van der Waals surface area contributed by atoms with Crippen molar-refractivity contribution in [3.63, 3.8) is 0 Å². The molecule has 1 aromatic carbocycles. The fourth-order valence-corrected chi connectivity index (χ4v) is 3.88. The van der Waals surface area contributed by atoms with Crippen molar-refractivity contribution in [3.8, 4) is 0 Å². The molecule has 0 bridgehead atoms. The third kappa shape index (κ3) is 4.29. The summed E-state index contributed by atoms with van der Waals surface area (Å²) < 4.78 is 15.1. The number of hydrogen-bond acceptors (Lipinski definition) is 4. The molecule has 0 N–H and O–H groups in total. The van der Waals surface area contributed by atoms with Gasteiger partial charge in [-0.05, 0) is 50.3 Å². The maximum Gasteiger partial charge on any atom is 0.227 e. The predicted octanol–water partition coefficient (Wildman–Crippen LogP) is 2.69. The third-order valence-electron chi connectivity index (χ3n) is 5.49. The molecule has 0 aliphatic carbocycles. The van der Waals surface area contributed by atoms with Gasteiger partial charge in [0.15, 0.2) is 5.65 Å². The van der Waals surface area contributed by atoms with Crippen LogP contribution < -0.4 is 0 Å². The number of rotatable bonds is 6. The lowest BCUT2D eigenvalue weighted by Gasteiger charge is -2.16. The number of carbonyl (C=O) groups excluding carboxylic acids is 1. The molecule has 29 heavy (non-hydrogen) atoms. The van der Waals surface area contributed by atoms with Gasteiger partial charge in [0.1, 0.15) is 5.82 Å². The number of amides is 1. The summed E-state index contributed by atoms with van der Waals surface area (Å²) in [4.78, 5) is 21.3. The molecule has 3 aromatic rings. The minimum Gasteiger partial charge on any atom is -0.342 e. The summed E-state index contributed by atoms with van der Waals surface area (Å²) in [5.74, 6) is 0.000768. The Morgan fingerprint density at radius 1 is 1.24 bits per heavy atom. The molecule has 3 heterocycles. The number of likely N-dealkylation sites (N-methyl/N-ethyl adjacent to an activating group) is 1. The lowest BCUT2D eigenvalue weighted by atomic mass is 10.0. The Morgan fingerprint density at radius 2 is 2.03 bits per heavy atom. The quantitative estimate of drug-likeness (QED) is 0.644. The number of fused-ring (bicyclic) bond motifs is 1. The number of hydrogen-bond donors (Lipinski definition) is 0. The highest BCUT2D eigenvalue weighted by Gasteiger charge is 2.30. The zero-order chi connectivity index (χ0) is 20.4. The maximum absolute atomic E-state index is 13.1. The molecule has 0 saturated carbocycles. The van der Waals surface area contributed by atoms with E-state index in [0.717, 1.165) is 48.3 Å². The van der Waals surface area contributed by atoms with Gasteiger partial charge in [0.05, 0.1) is 18.7 Å². The van der Waals surface area contributed by atoms with Gasteiger partial charge < -0.3 is 9.80 Å². The second kappa shape index (κ2) is 8.29. The first-order valence-corrected chi connectivity index (χ1v) is 9.99. The largest absolute Gasteiger partial charge is 0.342 e. The van der Waals surface area contributed by atoms with Crippen molar-refractivity contribution in [2.45, 2.75) is 25.3 Å². The van der Waals surface area contributed by atoms with E-state index in [2.05, 4.69) is 16.0 Å². The number of nitrogens with zero attached hydrogens (tertiary/aromatic N) is 5. The topological polar surface area (TPSA) is 54.3 Å². The molecule has 0 spiro atoms. The van der Waals surface area contributed by atoms with E-state index in [4.69, 9.17) is 5.10 Å². The first-order valence-electron chi connectivity index (χ1n) is 9.99. The molecule has 152 valence electrons. The van der Waals surface area contributed by atoms with Crippen molar-refractivity contribution in [3.05, 3.63) is 59.7 Å². The number of halogens is 1. The van der Waals surface area contributed by atoms with E-state index < -0.39 is 0 Å². The molecule has 1 saturated heterocycles. The molecule has 1 amide bonds. The Labute approximate surface area is 169 Å². The molecule has 1 aliphatic rings. The SMILES string of the molecule is CN(C)CCn1nc([C@@H]2CCN(C(=O)Cc3ccc(F)cc3)C2)c2cccnc21. The molecule has 0 radical (unpaired) electrons. The summed E-state index contributed by atoms with van der Waals surface area (Å²) in [6, 6.07) is 10.2. The molecule has 1 fully saturated rings.